The predicted octanol–water partition coefficient (Wildman–Crippen LogP) is 2.22. The maximum Gasteiger partial charge on any atom is 0.216 e. The maximum atomic E-state index is 12.0. The molecule has 0 bridgehead atoms. The molecule has 5 nitrogen and oxygen atoms in total. The van der Waals surface area contributed by atoms with E-state index in [4.69, 9.17) is 4.52 Å². The molecular formula is C14H18N2O3S. The van der Waals surface area contributed by atoms with Crippen LogP contribution in [0, 0.1) is 20.8 Å². The summed E-state index contributed by atoms with van der Waals surface area (Å²) in [4.78, 5) is 0. The summed E-state index contributed by atoms with van der Waals surface area (Å²) in [6.45, 7) is 5.73. The highest BCUT2D eigenvalue weighted by Crippen LogP contribution is 2.13. The van der Waals surface area contributed by atoms with Gasteiger partial charge in [-0.1, -0.05) is 35.0 Å². The zero-order valence-electron chi connectivity index (χ0n) is 11.8. The lowest BCUT2D eigenvalue weighted by Gasteiger charge is -2.07. The Bertz CT molecular complexity index is 668. The average Bonchev–Trinajstić information content (AvgIpc) is 2.69. The fourth-order valence-electron chi connectivity index (χ4n) is 1.89. The molecule has 0 aliphatic rings. The summed E-state index contributed by atoms with van der Waals surface area (Å²) < 4.78 is 31.7. The van der Waals surface area contributed by atoms with E-state index in [1.54, 1.807) is 13.8 Å². The van der Waals surface area contributed by atoms with Gasteiger partial charge in [-0.05, 0) is 26.3 Å². The molecule has 1 aromatic carbocycles. The smallest absolute Gasteiger partial charge is 0.216 e. The third kappa shape index (κ3) is 3.68. The predicted molar refractivity (Wildman–Crippen MR) is 76.6 cm³/mol. The largest absolute Gasteiger partial charge is 0.361 e. The maximum absolute atomic E-state index is 12.0. The summed E-state index contributed by atoms with van der Waals surface area (Å²) in [7, 11) is -3.38. The third-order valence-electron chi connectivity index (χ3n) is 3.13. The van der Waals surface area contributed by atoms with Crippen LogP contribution in [0.4, 0.5) is 0 Å². The molecule has 2 aromatic rings. The normalized spacial score (nSPS) is 11.8. The highest BCUT2D eigenvalue weighted by atomic mass is 32.2. The van der Waals surface area contributed by atoms with Crippen LogP contribution >= 0.6 is 0 Å². The number of nitrogens with one attached hydrogen (secondary N) is 1. The lowest BCUT2D eigenvalue weighted by Crippen LogP contribution is -2.25. The van der Waals surface area contributed by atoms with E-state index in [9.17, 15) is 8.42 Å². The van der Waals surface area contributed by atoms with Gasteiger partial charge >= 0.3 is 0 Å². The summed E-state index contributed by atoms with van der Waals surface area (Å²) >= 11 is 0. The molecule has 20 heavy (non-hydrogen) atoms. The first-order valence-corrected chi connectivity index (χ1v) is 7.97. The van der Waals surface area contributed by atoms with Crippen LogP contribution < -0.4 is 4.72 Å². The van der Waals surface area contributed by atoms with Crippen molar-refractivity contribution in [3.05, 3.63) is 52.4 Å². The number of aryl methyl sites for hydroxylation is 3. The number of hydrogen-bond acceptors (Lipinski definition) is 4. The standard InChI is InChI=1S/C14H18N2O3S/c1-10-4-6-13(7-5-10)9-20(17,18)15-8-14-11(2)16-19-12(14)3/h4-7,15H,8-9H2,1-3H3. The first-order chi connectivity index (χ1) is 9.37. The van der Waals surface area contributed by atoms with E-state index in [1.807, 2.05) is 31.2 Å². The van der Waals surface area contributed by atoms with Gasteiger partial charge in [-0.15, -0.1) is 0 Å². The minimum atomic E-state index is -3.38. The van der Waals surface area contributed by atoms with E-state index in [1.165, 1.54) is 0 Å². The number of rotatable bonds is 5. The monoisotopic (exact) mass is 294 g/mol. The molecule has 0 atom stereocenters. The lowest BCUT2D eigenvalue weighted by atomic mass is 10.2. The van der Waals surface area contributed by atoms with Crippen molar-refractivity contribution >= 4 is 10.0 Å². The lowest BCUT2D eigenvalue weighted by molar-refractivity contribution is 0.392. The van der Waals surface area contributed by atoms with E-state index < -0.39 is 10.0 Å². The second-order valence-corrected chi connectivity index (χ2v) is 6.68. The second-order valence-electron chi connectivity index (χ2n) is 4.87. The first kappa shape index (κ1) is 14.7. The summed E-state index contributed by atoms with van der Waals surface area (Å²) in [5, 5.41) is 3.80. The van der Waals surface area contributed by atoms with Crippen LogP contribution in [-0.2, 0) is 22.3 Å². The second kappa shape index (κ2) is 5.76. The van der Waals surface area contributed by atoms with Gasteiger partial charge in [0.2, 0.25) is 10.0 Å². The number of hydrogen-bond donors (Lipinski definition) is 1. The Morgan fingerprint density at radius 3 is 2.35 bits per heavy atom. The molecule has 0 aliphatic carbocycles. The molecule has 0 radical (unpaired) electrons. The number of benzene rings is 1. The summed E-state index contributed by atoms with van der Waals surface area (Å²) in [6.07, 6.45) is 0. The zero-order chi connectivity index (χ0) is 14.8. The topological polar surface area (TPSA) is 72.2 Å². The van der Waals surface area contributed by atoms with Crippen LogP contribution in [0.3, 0.4) is 0 Å². The molecule has 2 rings (SSSR count). The molecule has 0 unspecified atom stereocenters. The van der Waals surface area contributed by atoms with Crippen LogP contribution in [0.1, 0.15) is 28.1 Å². The van der Waals surface area contributed by atoms with Gasteiger partial charge in [0.1, 0.15) is 5.76 Å². The van der Waals surface area contributed by atoms with Crippen molar-refractivity contribution in [2.24, 2.45) is 0 Å². The molecule has 0 saturated carbocycles. The summed E-state index contributed by atoms with van der Waals surface area (Å²) in [5.41, 5.74) is 3.37. The molecule has 0 amide bonds. The number of sulfonamides is 1. The molecule has 0 spiro atoms. The molecule has 0 fully saturated rings. The Balaban J connectivity index is 2.03. The van der Waals surface area contributed by atoms with Gasteiger partial charge in [-0.3, -0.25) is 0 Å². The molecule has 0 saturated heterocycles. The summed E-state index contributed by atoms with van der Waals surface area (Å²) in [6, 6.07) is 7.45. The van der Waals surface area contributed by atoms with E-state index in [0.29, 0.717) is 11.5 Å². The van der Waals surface area contributed by atoms with Gasteiger partial charge in [0.25, 0.3) is 0 Å². The Hall–Kier alpha value is -1.66. The Morgan fingerprint density at radius 1 is 1.15 bits per heavy atom. The van der Waals surface area contributed by atoms with Crippen LogP contribution in [0.25, 0.3) is 0 Å². The highest BCUT2D eigenvalue weighted by Gasteiger charge is 2.15. The Kier molecular flexibility index (Phi) is 4.25. The van der Waals surface area contributed by atoms with Crippen molar-refractivity contribution in [2.75, 3.05) is 0 Å². The quantitative estimate of drug-likeness (QED) is 0.917. The molecule has 1 aromatic heterocycles. The number of nitrogens with zero attached hydrogens (tertiary/aromatic N) is 1. The van der Waals surface area contributed by atoms with Crippen LogP contribution in [0.2, 0.25) is 0 Å². The van der Waals surface area contributed by atoms with Gasteiger partial charge in [0.05, 0.1) is 11.4 Å². The van der Waals surface area contributed by atoms with E-state index in [0.717, 1.165) is 16.7 Å². The van der Waals surface area contributed by atoms with Crippen molar-refractivity contribution in [1.82, 2.24) is 9.88 Å². The van der Waals surface area contributed by atoms with Crippen molar-refractivity contribution in [1.29, 1.82) is 0 Å². The van der Waals surface area contributed by atoms with Crippen molar-refractivity contribution in [3.63, 3.8) is 0 Å². The first-order valence-electron chi connectivity index (χ1n) is 6.32. The van der Waals surface area contributed by atoms with Gasteiger partial charge < -0.3 is 4.52 Å². The highest BCUT2D eigenvalue weighted by molar-refractivity contribution is 7.88. The summed E-state index contributed by atoms with van der Waals surface area (Å²) in [5.74, 6) is 0.608. The van der Waals surface area contributed by atoms with Gasteiger partial charge in [-0.2, -0.15) is 0 Å². The van der Waals surface area contributed by atoms with Crippen LogP contribution in [0.15, 0.2) is 28.8 Å². The fraction of sp³-hybridized carbons (Fsp3) is 0.357. The van der Waals surface area contributed by atoms with Crippen molar-refractivity contribution in [3.8, 4) is 0 Å². The molecular weight excluding hydrogens is 276 g/mol. The fourth-order valence-corrected chi connectivity index (χ4v) is 2.99. The molecule has 1 heterocycles. The van der Waals surface area contributed by atoms with Crippen LogP contribution in [0.5, 0.6) is 0 Å². The Labute approximate surface area is 119 Å². The van der Waals surface area contributed by atoms with Crippen molar-refractivity contribution < 1.29 is 12.9 Å². The van der Waals surface area contributed by atoms with Gasteiger partial charge in [-0.25, -0.2) is 13.1 Å². The van der Waals surface area contributed by atoms with Crippen LogP contribution in [-0.4, -0.2) is 13.6 Å². The SMILES string of the molecule is Cc1ccc(CS(=O)(=O)NCc2c(C)noc2C)cc1. The zero-order valence-corrected chi connectivity index (χ0v) is 12.6. The third-order valence-corrected chi connectivity index (χ3v) is 4.42. The van der Waals surface area contributed by atoms with Gasteiger partial charge in [0.15, 0.2) is 0 Å². The van der Waals surface area contributed by atoms with E-state index in [-0.39, 0.29) is 12.3 Å². The molecule has 108 valence electrons. The minimum absolute atomic E-state index is 0.0311. The molecule has 0 aliphatic heterocycles. The average molecular weight is 294 g/mol. The number of aromatic nitrogens is 1. The molecule has 1 N–H and O–H groups in total. The van der Waals surface area contributed by atoms with E-state index >= 15 is 0 Å². The minimum Gasteiger partial charge on any atom is -0.361 e. The Morgan fingerprint density at radius 2 is 1.80 bits per heavy atom. The van der Waals surface area contributed by atoms with E-state index in [2.05, 4.69) is 9.88 Å². The van der Waals surface area contributed by atoms with Gasteiger partial charge in [0, 0.05) is 12.1 Å². The molecule has 6 heteroatoms. The van der Waals surface area contributed by atoms with Crippen molar-refractivity contribution in [2.45, 2.75) is 33.1 Å².